The van der Waals surface area contributed by atoms with E-state index in [1.165, 1.54) is 0 Å². The SMILES string of the molecule is CC[C@H](NC(=O)C1C(C)(C)CCC1(C)C)NC(=O)[C@@H](N)CC(=O)O. The van der Waals surface area contributed by atoms with E-state index in [1.807, 2.05) is 6.92 Å². The minimum Gasteiger partial charge on any atom is -0.481 e. The maximum atomic E-state index is 12.8. The largest absolute Gasteiger partial charge is 0.481 e. The van der Waals surface area contributed by atoms with Crippen molar-refractivity contribution >= 4 is 17.8 Å². The summed E-state index contributed by atoms with van der Waals surface area (Å²) >= 11 is 0. The Bertz CT molecular complexity index is 486. The molecule has 5 N–H and O–H groups in total. The molecule has 1 aliphatic carbocycles. The van der Waals surface area contributed by atoms with Gasteiger partial charge < -0.3 is 21.5 Å². The van der Waals surface area contributed by atoms with Gasteiger partial charge >= 0.3 is 5.97 Å². The summed E-state index contributed by atoms with van der Waals surface area (Å²) in [5.74, 6) is -1.94. The van der Waals surface area contributed by atoms with E-state index in [0.29, 0.717) is 6.42 Å². The smallest absolute Gasteiger partial charge is 0.305 e. The zero-order valence-corrected chi connectivity index (χ0v) is 15.3. The fourth-order valence-corrected chi connectivity index (χ4v) is 3.76. The van der Waals surface area contributed by atoms with Crippen molar-refractivity contribution in [2.75, 3.05) is 0 Å². The van der Waals surface area contributed by atoms with Crippen LogP contribution in [-0.4, -0.2) is 35.1 Å². The van der Waals surface area contributed by atoms with Crippen molar-refractivity contribution < 1.29 is 19.5 Å². The number of carbonyl (C=O) groups is 3. The average Bonchev–Trinajstić information content (AvgIpc) is 2.65. The fourth-order valence-electron chi connectivity index (χ4n) is 3.76. The highest BCUT2D eigenvalue weighted by atomic mass is 16.4. The number of aliphatic carboxylic acids is 1. The molecule has 2 atom stereocenters. The van der Waals surface area contributed by atoms with Gasteiger partial charge in [0.15, 0.2) is 0 Å². The van der Waals surface area contributed by atoms with Crippen LogP contribution in [0.3, 0.4) is 0 Å². The normalized spacial score (nSPS) is 21.8. The monoisotopic (exact) mass is 341 g/mol. The molecule has 1 saturated carbocycles. The van der Waals surface area contributed by atoms with Crippen LogP contribution >= 0.6 is 0 Å². The maximum Gasteiger partial charge on any atom is 0.305 e. The van der Waals surface area contributed by atoms with E-state index in [9.17, 15) is 14.4 Å². The minimum atomic E-state index is -1.14. The van der Waals surface area contributed by atoms with Crippen molar-refractivity contribution in [3.63, 3.8) is 0 Å². The standard InChI is InChI=1S/C17H31N3O4/c1-6-11(19-14(23)10(18)9-12(21)22)20-15(24)13-16(2,3)7-8-17(13,4)5/h10-11,13H,6-9,18H2,1-5H3,(H,19,23)(H,20,24)(H,21,22)/t10-,11-/m0/s1. The molecule has 0 heterocycles. The molecular formula is C17H31N3O4. The molecule has 138 valence electrons. The van der Waals surface area contributed by atoms with E-state index < -0.39 is 30.5 Å². The van der Waals surface area contributed by atoms with Gasteiger partial charge in [-0.2, -0.15) is 0 Å². The van der Waals surface area contributed by atoms with Gasteiger partial charge in [0.25, 0.3) is 0 Å². The van der Waals surface area contributed by atoms with E-state index in [0.717, 1.165) is 12.8 Å². The van der Waals surface area contributed by atoms with Crippen LogP contribution in [0, 0.1) is 16.7 Å². The number of carbonyl (C=O) groups excluding carboxylic acids is 2. The van der Waals surface area contributed by atoms with Crippen LogP contribution < -0.4 is 16.4 Å². The lowest BCUT2D eigenvalue weighted by Gasteiger charge is -2.35. The lowest BCUT2D eigenvalue weighted by molar-refractivity contribution is -0.140. The Balaban J connectivity index is 2.72. The highest BCUT2D eigenvalue weighted by Gasteiger charge is 2.51. The number of rotatable bonds is 7. The number of carboxylic acids is 1. The second-order valence-corrected chi connectivity index (χ2v) is 8.09. The van der Waals surface area contributed by atoms with Crippen LogP contribution in [0.4, 0.5) is 0 Å². The molecule has 0 saturated heterocycles. The van der Waals surface area contributed by atoms with Gasteiger partial charge in [-0.05, 0) is 30.1 Å². The van der Waals surface area contributed by atoms with Crippen LogP contribution in [-0.2, 0) is 14.4 Å². The van der Waals surface area contributed by atoms with Gasteiger partial charge in [-0.25, -0.2) is 0 Å². The molecule has 0 aliphatic heterocycles. The minimum absolute atomic E-state index is 0.0820. The lowest BCUT2D eigenvalue weighted by atomic mass is 9.72. The Hall–Kier alpha value is -1.63. The second-order valence-electron chi connectivity index (χ2n) is 8.09. The number of amides is 2. The van der Waals surface area contributed by atoms with Gasteiger partial charge in [0.05, 0.1) is 12.5 Å². The molecule has 1 fully saturated rings. The molecule has 0 aromatic carbocycles. The lowest BCUT2D eigenvalue weighted by Crippen LogP contribution is -2.55. The first-order chi connectivity index (χ1) is 10.9. The summed E-state index contributed by atoms with van der Waals surface area (Å²) in [5, 5.41) is 14.2. The molecule has 1 aliphatic rings. The van der Waals surface area contributed by atoms with Crippen molar-refractivity contribution in [3.05, 3.63) is 0 Å². The number of carboxylic acid groups (broad SMARTS) is 1. The van der Waals surface area contributed by atoms with Gasteiger partial charge in [0.1, 0.15) is 6.17 Å². The quantitative estimate of drug-likeness (QED) is 0.519. The van der Waals surface area contributed by atoms with Gasteiger partial charge in [0.2, 0.25) is 11.8 Å². The molecule has 0 unspecified atom stereocenters. The Labute approximate surface area is 143 Å². The first kappa shape index (κ1) is 20.4. The van der Waals surface area contributed by atoms with E-state index >= 15 is 0 Å². The van der Waals surface area contributed by atoms with Gasteiger partial charge in [-0.15, -0.1) is 0 Å². The number of nitrogens with one attached hydrogen (secondary N) is 2. The third-order valence-electron chi connectivity index (χ3n) is 5.01. The van der Waals surface area contributed by atoms with Crippen LogP contribution in [0.1, 0.15) is 60.3 Å². The summed E-state index contributed by atoms with van der Waals surface area (Å²) in [6.45, 7) is 10.2. The Morgan fingerprint density at radius 3 is 2.04 bits per heavy atom. The Morgan fingerprint density at radius 1 is 1.12 bits per heavy atom. The average molecular weight is 341 g/mol. The van der Waals surface area contributed by atoms with Gasteiger partial charge in [0, 0.05) is 5.92 Å². The maximum absolute atomic E-state index is 12.8. The fraction of sp³-hybridized carbons (Fsp3) is 0.824. The van der Waals surface area contributed by atoms with Crippen molar-refractivity contribution in [1.29, 1.82) is 0 Å². The number of hydrogen-bond donors (Lipinski definition) is 4. The molecule has 0 spiro atoms. The molecule has 0 bridgehead atoms. The second kappa shape index (κ2) is 7.51. The third kappa shape index (κ3) is 4.93. The molecule has 24 heavy (non-hydrogen) atoms. The molecule has 7 heteroatoms. The Morgan fingerprint density at radius 2 is 1.62 bits per heavy atom. The van der Waals surface area contributed by atoms with Crippen molar-refractivity contribution in [3.8, 4) is 0 Å². The summed E-state index contributed by atoms with van der Waals surface area (Å²) in [6, 6.07) is -1.13. The van der Waals surface area contributed by atoms with Crippen molar-refractivity contribution in [2.45, 2.75) is 72.5 Å². The van der Waals surface area contributed by atoms with Gasteiger partial charge in [-0.3, -0.25) is 14.4 Å². The predicted molar refractivity (Wildman–Crippen MR) is 90.9 cm³/mol. The topological polar surface area (TPSA) is 122 Å². The van der Waals surface area contributed by atoms with E-state index in [1.54, 1.807) is 0 Å². The van der Waals surface area contributed by atoms with Crippen LogP contribution in [0.2, 0.25) is 0 Å². The van der Waals surface area contributed by atoms with E-state index in [-0.39, 0.29) is 22.7 Å². The molecule has 0 radical (unpaired) electrons. The zero-order chi connectivity index (χ0) is 18.7. The Kier molecular flexibility index (Phi) is 6.38. The summed E-state index contributed by atoms with van der Waals surface area (Å²) in [6.07, 6.45) is 1.44. The van der Waals surface area contributed by atoms with Crippen LogP contribution in [0.5, 0.6) is 0 Å². The van der Waals surface area contributed by atoms with Crippen LogP contribution in [0.15, 0.2) is 0 Å². The first-order valence-corrected chi connectivity index (χ1v) is 8.49. The highest BCUT2D eigenvalue weighted by molar-refractivity contribution is 5.87. The first-order valence-electron chi connectivity index (χ1n) is 8.49. The van der Waals surface area contributed by atoms with Crippen LogP contribution in [0.25, 0.3) is 0 Å². The zero-order valence-electron chi connectivity index (χ0n) is 15.3. The number of nitrogens with two attached hydrogens (primary N) is 1. The summed E-state index contributed by atoms with van der Waals surface area (Å²) in [4.78, 5) is 35.4. The molecule has 0 aromatic heterocycles. The van der Waals surface area contributed by atoms with Crippen molar-refractivity contribution in [1.82, 2.24) is 10.6 Å². The molecule has 1 rings (SSSR count). The van der Waals surface area contributed by atoms with Crippen molar-refractivity contribution in [2.24, 2.45) is 22.5 Å². The number of hydrogen-bond acceptors (Lipinski definition) is 4. The van der Waals surface area contributed by atoms with Gasteiger partial charge in [-0.1, -0.05) is 34.6 Å². The van der Waals surface area contributed by atoms with E-state index in [2.05, 4.69) is 38.3 Å². The molecule has 2 amide bonds. The molecular weight excluding hydrogens is 310 g/mol. The summed E-state index contributed by atoms with van der Waals surface area (Å²) in [7, 11) is 0. The summed E-state index contributed by atoms with van der Waals surface area (Å²) < 4.78 is 0. The van der Waals surface area contributed by atoms with E-state index in [4.69, 9.17) is 10.8 Å². The molecule has 7 nitrogen and oxygen atoms in total. The summed E-state index contributed by atoms with van der Waals surface area (Å²) in [5.41, 5.74) is 5.35. The highest BCUT2D eigenvalue weighted by Crippen LogP contribution is 2.53. The third-order valence-corrected chi connectivity index (χ3v) is 5.01. The predicted octanol–water partition coefficient (Wildman–Crippen LogP) is 1.22. The molecule has 0 aromatic rings.